The Balaban J connectivity index is 2.02. The standard InChI is InChI=1S/C13H23N5OS/c1-4-8(2)15-12(19)9(3)20-13-17-16-11(7-14)18(13)10-5-6-10/h8-10H,4-7,14H2,1-3H3,(H,15,19). The van der Waals surface area contributed by atoms with Crippen molar-refractivity contribution < 1.29 is 4.79 Å². The Morgan fingerprint density at radius 3 is 2.75 bits per heavy atom. The molecule has 0 radical (unpaired) electrons. The summed E-state index contributed by atoms with van der Waals surface area (Å²) in [6, 6.07) is 0.669. The molecule has 0 spiro atoms. The molecule has 1 saturated carbocycles. The first-order valence-electron chi connectivity index (χ1n) is 7.17. The number of hydrogen-bond donors (Lipinski definition) is 2. The smallest absolute Gasteiger partial charge is 0.233 e. The summed E-state index contributed by atoms with van der Waals surface area (Å²) in [5, 5.41) is 11.9. The van der Waals surface area contributed by atoms with Gasteiger partial charge in [-0.25, -0.2) is 0 Å². The highest BCUT2D eigenvalue weighted by molar-refractivity contribution is 8.00. The molecule has 1 aromatic rings. The number of amides is 1. The van der Waals surface area contributed by atoms with Gasteiger partial charge in [-0.05, 0) is 33.1 Å². The molecule has 0 aliphatic heterocycles. The first kappa shape index (κ1) is 15.3. The summed E-state index contributed by atoms with van der Waals surface area (Å²) in [4.78, 5) is 12.1. The molecule has 2 atom stereocenters. The first-order valence-corrected chi connectivity index (χ1v) is 8.05. The quantitative estimate of drug-likeness (QED) is 0.744. The Labute approximate surface area is 123 Å². The summed E-state index contributed by atoms with van der Waals surface area (Å²) in [6.07, 6.45) is 3.22. The van der Waals surface area contributed by atoms with Gasteiger partial charge in [0.15, 0.2) is 5.16 Å². The number of rotatable bonds is 7. The van der Waals surface area contributed by atoms with Gasteiger partial charge >= 0.3 is 0 Å². The van der Waals surface area contributed by atoms with Gasteiger partial charge in [-0.2, -0.15) is 0 Å². The van der Waals surface area contributed by atoms with E-state index in [9.17, 15) is 4.79 Å². The Bertz CT molecular complexity index is 471. The molecule has 2 rings (SSSR count). The van der Waals surface area contributed by atoms with Gasteiger partial charge in [-0.3, -0.25) is 4.79 Å². The number of nitrogens with zero attached hydrogens (tertiary/aromatic N) is 3. The number of carbonyl (C=O) groups excluding carboxylic acids is 1. The van der Waals surface area contributed by atoms with Crippen LogP contribution in [0.3, 0.4) is 0 Å². The van der Waals surface area contributed by atoms with Gasteiger partial charge in [0, 0.05) is 12.1 Å². The van der Waals surface area contributed by atoms with E-state index in [1.165, 1.54) is 11.8 Å². The molecule has 1 aromatic heterocycles. The lowest BCUT2D eigenvalue weighted by atomic mass is 10.2. The average Bonchev–Trinajstić information content (AvgIpc) is 3.19. The fourth-order valence-electron chi connectivity index (χ4n) is 1.90. The third-order valence-corrected chi connectivity index (χ3v) is 4.54. The molecule has 7 heteroatoms. The summed E-state index contributed by atoms with van der Waals surface area (Å²) in [6.45, 7) is 6.35. The van der Waals surface area contributed by atoms with E-state index in [4.69, 9.17) is 5.73 Å². The fourth-order valence-corrected chi connectivity index (χ4v) is 2.85. The van der Waals surface area contributed by atoms with Crippen molar-refractivity contribution in [3.05, 3.63) is 5.82 Å². The molecule has 3 N–H and O–H groups in total. The van der Waals surface area contributed by atoms with Crippen LogP contribution in [0.5, 0.6) is 0 Å². The zero-order valence-electron chi connectivity index (χ0n) is 12.3. The lowest BCUT2D eigenvalue weighted by Crippen LogP contribution is -2.37. The summed E-state index contributed by atoms with van der Waals surface area (Å²) in [5.74, 6) is 0.855. The van der Waals surface area contributed by atoms with Gasteiger partial charge in [0.05, 0.1) is 11.8 Å². The maximum Gasteiger partial charge on any atom is 0.233 e. The molecule has 2 unspecified atom stereocenters. The number of thioether (sulfide) groups is 1. The molecule has 1 aliphatic carbocycles. The van der Waals surface area contributed by atoms with Crippen molar-refractivity contribution in [1.82, 2.24) is 20.1 Å². The minimum Gasteiger partial charge on any atom is -0.353 e. The van der Waals surface area contributed by atoms with Gasteiger partial charge < -0.3 is 15.6 Å². The molecule has 1 amide bonds. The third kappa shape index (κ3) is 3.52. The molecule has 0 saturated heterocycles. The van der Waals surface area contributed by atoms with E-state index in [1.807, 2.05) is 13.8 Å². The highest BCUT2D eigenvalue weighted by Crippen LogP contribution is 2.39. The van der Waals surface area contributed by atoms with Crippen molar-refractivity contribution in [1.29, 1.82) is 0 Å². The number of nitrogens with one attached hydrogen (secondary N) is 1. The minimum absolute atomic E-state index is 0.0454. The highest BCUT2D eigenvalue weighted by Gasteiger charge is 2.30. The molecule has 1 aliphatic rings. The van der Waals surface area contributed by atoms with Crippen LogP contribution in [-0.4, -0.2) is 32.0 Å². The molecule has 1 heterocycles. The zero-order chi connectivity index (χ0) is 14.7. The Morgan fingerprint density at radius 2 is 2.20 bits per heavy atom. The molecule has 0 aromatic carbocycles. The van der Waals surface area contributed by atoms with Crippen LogP contribution in [0.1, 0.15) is 51.9 Å². The van der Waals surface area contributed by atoms with Crippen LogP contribution in [0, 0.1) is 0 Å². The second-order valence-corrected chi connectivity index (χ2v) is 6.59. The zero-order valence-corrected chi connectivity index (χ0v) is 13.1. The number of carbonyl (C=O) groups is 1. The predicted molar refractivity (Wildman–Crippen MR) is 79.4 cm³/mol. The molecule has 6 nitrogen and oxygen atoms in total. The monoisotopic (exact) mass is 297 g/mol. The van der Waals surface area contributed by atoms with Crippen LogP contribution in [0.4, 0.5) is 0 Å². The topological polar surface area (TPSA) is 85.8 Å². The predicted octanol–water partition coefficient (Wildman–Crippen LogP) is 1.47. The Hall–Kier alpha value is -1.08. The van der Waals surface area contributed by atoms with Crippen LogP contribution in [0.25, 0.3) is 0 Å². The van der Waals surface area contributed by atoms with Gasteiger partial charge in [-0.1, -0.05) is 18.7 Å². The lowest BCUT2D eigenvalue weighted by Gasteiger charge is -2.16. The number of hydrogen-bond acceptors (Lipinski definition) is 5. The number of nitrogens with two attached hydrogens (primary N) is 1. The third-order valence-electron chi connectivity index (χ3n) is 3.48. The summed E-state index contributed by atoms with van der Waals surface area (Å²) < 4.78 is 2.09. The Kier molecular flexibility index (Phi) is 5.04. The van der Waals surface area contributed by atoms with E-state index in [1.54, 1.807) is 0 Å². The van der Waals surface area contributed by atoms with E-state index in [0.717, 1.165) is 30.2 Å². The van der Waals surface area contributed by atoms with Crippen LogP contribution in [0.2, 0.25) is 0 Å². The second kappa shape index (κ2) is 6.58. The average molecular weight is 297 g/mol. The van der Waals surface area contributed by atoms with Crippen LogP contribution in [-0.2, 0) is 11.3 Å². The molecule has 1 fully saturated rings. The molecular weight excluding hydrogens is 274 g/mol. The van der Waals surface area contributed by atoms with E-state index in [0.29, 0.717) is 12.6 Å². The fraction of sp³-hybridized carbons (Fsp3) is 0.769. The lowest BCUT2D eigenvalue weighted by molar-refractivity contribution is -0.120. The van der Waals surface area contributed by atoms with Crippen molar-refractivity contribution >= 4 is 17.7 Å². The van der Waals surface area contributed by atoms with Gasteiger partial charge in [0.1, 0.15) is 5.82 Å². The van der Waals surface area contributed by atoms with Gasteiger partial charge in [0.2, 0.25) is 5.91 Å². The normalized spacial score (nSPS) is 17.8. The highest BCUT2D eigenvalue weighted by atomic mass is 32.2. The number of aromatic nitrogens is 3. The summed E-state index contributed by atoms with van der Waals surface area (Å²) >= 11 is 1.46. The summed E-state index contributed by atoms with van der Waals surface area (Å²) in [5.41, 5.74) is 5.69. The maximum absolute atomic E-state index is 12.1. The molecular formula is C13H23N5OS. The van der Waals surface area contributed by atoms with Crippen molar-refractivity contribution in [2.24, 2.45) is 5.73 Å². The largest absolute Gasteiger partial charge is 0.353 e. The van der Waals surface area contributed by atoms with Crippen molar-refractivity contribution in [3.8, 4) is 0 Å². The van der Waals surface area contributed by atoms with Crippen molar-refractivity contribution in [3.63, 3.8) is 0 Å². The van der Waals surface area contributed by atoms with Gasteiger partial charge in [0.25, 0.3) is 0 Å². The molecule has 20 heavy (non-hydrogen) atoms. The van der Waals surface area contributed by atoms with Crippen LogP contribution >= 0.6 is 11.8 Å². The van der Waals surface area contributed by atoms with Crippen molar-refractivity contribution in [2.45, 2.75) is 69.1 Å². The molecule has 0 bridgehead atoms. The van der Waals surface area contributed by atoms with Crippen LogP contribution < -0.4 is 11.1 Å². The van der Waals surface area contributed by atoms with Crippen molar-refractivity contribution in [2.75, 3.05) is 0 Å². The van der Waals surface area contributed by atoms with E-state index in [2.05, 4.69) is 27.0 Å². The Morgan fingerprint density at radius 1 is 1.50 bits per heavy atom. The maximum atomic E-state index is 12.1. The molecule has 112 valence electrons. The SMILES string of the molecule is CCC(C)NC(=O)C(C)Sc1nnc(CN)n1C1CC1. The summed E-state index contributed by atoms with van der Waals surface area (Å²) in [7, 11) is 0. The van der Waals surface area contributed by atoms with E-state index in [-0.39, 0.29) is 17.2 Å². The minimum atomic E-state index is -0.184. The van der Waals surface area contributed by atoms with E-state index >= 15 is 0 Å². The first-order chi connectivity index (χ1) is 9.56. The van der Waals surface area contributed by atoms with Crippen LogP contribution in [0.15, 0.2) is 5.16 Å². The van der Waals surface area contributed by atoms with E-state index < -0.39 is 0 Å². The van der Waals surface area contributed by atoms with Gasteiger partial charge in [-0.15, -0.1) is 10.2 Å². The second-order valence-electron chi connectivity index (χ2n) is 5.28.